The van der Waals surface area contributed by atoms with Gasteiger partial charge >= 0.3 is 0 Å². The summed E-state index contributed by atoms with van der Waals surface area (Å²) >= 11 is 2.09. The van der Waals surface area contributed by atoms with Gasteiger partial charge in [-0.05, 0) is 59.0 Å². The molecule has 0 aliphatic heterocycles. The topological polar surface area (TPSA) is 26.3 Å². The number of benzene rings is 1. The van der Waals surface area contributed by atoms with E-state index in [0.717, 1.165) is 28.3 Å². The molecule has 1 fully saturated rings. The van der Waals surface area contributed by atoms with Crippen LogP contribution in [0.1, 0.15) is 34.7 Å². The highest BCUT2D eigenvalue weighted by Gasteiger charge is 2.27. The Hall–Kier alpha value is -0.720. The van der Waals surface area contributed by atoms with Crippen LogP contribution >= 0.6 is 22.6 Å². The van der Waals surface area contributed by atoms with Gasteiger partial charge in [0.05, 0.1) is 3.57 Å². The molecule has 0 bridgehead atoms. The first-order valence-corrected chi connectivity index (χ1v) is 6.39. The van der Waals surface area contributed by atoms with Crippen molar-refractivity contribution in [3.63, 3.8) is 0 Å². The summed E-state index contributed by atoms with van der Waals surface area (Å²) in [5.74, 6) is 0.841. The zero-order chi connectivity index (χ0) is 12.4. The number of halogens is 3. The normalized spacial score (nSPS) is 15.1. The molecule has 1 aromatic carbocycles. The van der Waals surface area contributed by atoms with E-state index in [4.69, 9.17) is 4.74 Å². The number of aldehydes is 1. The Morgan fingerprint density at radius 1 is 1.47 bits per heavy atom. The lowest BCUT2D eigenvalue weighted by Crippen LogP contribution is -2.09. The average Bonchev–Trinajstić information content (AvgIpc) is 3.11. The SMILES string of the molecule is O=Cc1cc(OCC(F)F)c(I)c(C2CC2)c1. The summed E-state index contributed by atoms with van der Waals surface area (Å²) in [5.41, 5.74) is 1.52. The highest BCUT2D eigenvalue weighted by atomic mass is 127. The summed E-state index contributed by atoms with van der Waals surface area (Å²) in [4.78, 5) is 10.8. The van der Waals surface area contributed by atoms with Crippen molar-refractivity contribution in [2.75, 3.05) is 6.61 Å². The van der Waals surface area contributed by atoms with E-state index in [1.165, 1.54) is 6.07 Å². The minimum absolute atomic E-state index is 0.386. The van der Waals surface area contributed by atoms with E-state index in [-0.39, 0.29) is 0 Å². The van der Waals surface area contributed by atoms with Crippen LogP contribution in [-0.4, -0.2) is 19.3 Å². The van der Waals surface area contributed by atoms with Crippen LogP contribution in [0, 0.1) is 3.57 Å². The Bertz CT molecular complexity index is 431. The van der Waals surface area contributed by atoms with Gasteiger partial charge in [-0.3, -0.25) is 4.79 Å². The van der Waals surface area contributed by atoms with Crippen LogP contribution in [0.4, 0.5) is 8.78 Å². The molecule has 0 unspecified atom stereocenters. The van der Waals surface area contributed by atoms with Crippen molar-refractivity contribution in [3.05, 3.63) is 26.8 Å². The van der Waals surface area contributed by atoms with E-state index < -0.39 is 13.0 Å². The fourth-order valence-corrected chi connectivity index (χ4v) is 2.57. The van der Waals surface area contributed by atoms with Crippen molar-refractivity contribution in [2.45, 2.75) is 25.2 Å². The molecule has 1 saturated carbocycles. The van der Waals surface area contributed by atoms with E-state index in [2.05, 4.69) is 22.6 Å². The molecular formula is C12H11F2IO2. The third kappa shape index (κ3) is 3.14. The molecule has 5 heteroatoms. The van der Waals surface area contributed by atoms with Gasteiger partial charge in [-0.2, -0.15) is 0 Å². The molecule has 1 aromatic rings. The number of carbonyl (C=O) groups is 1. The molecule has 0 saturated heterocycles. The Morgan fingerprint density at radius 3 is 2.71 bits per heavy atom. The lowest BCUT2D eigenvalue weighted by atomic mass is 10.1. The van der Waals surface area contributed by atoms with Crippen molar-refractivity contribution >= 4 is 28.9 Å². The summed E-state index contributed by atoms with van der Waals surface area (Å²) in [6.45, 7) is -0.636. The number of alkyl halides is 2. The highest BCUT2D eigenvalue weighted by molar-refractivity contribution is 14.1. The maximum absolute atomic E-state index is 12.1. The molecule has 0 atom stereocenters. The van der Waals surface area contributed by atoms with E-state index >= 15 is 0 Å². The molecule has 2 rings (SSSR count). The molecule has 1 aliphatic carbocycles. The van der Waals surface area contributed by atoms with Crippen molar-refractivity contribution in [1.82, 2.24) is 0 Å². The summed E-state index contributed by atoms with van der Waals surface area (Å²) in [6, 6.07) is 3.34. The van der Waals surface area contributed by atoms with Crippen molar-refractivity contribution in [3.8, 4) is 5.75 Å². The number of ether oxygens (including phenoxy) is 1. The number of carbonyl (C=O) groups excluding carboxylic acids is 1. The zero-order valence-corrected chi connectivity index (χ0v) is 11.1. The molecule has 1 aliphatic rings. The predicted molar refractivity (Wildman–Crippen MR) is 68.0 cm³/mol. The number of hydrogen-bond acceptors (Lipinski definition) is 2. The Balaban J connectivity index is 2.28. The van der Waals surface area contributed by atoms with Gasteiger partial charge < -0.3 is 4.74 Å². The van der Waals surface area contributed by atoms with Crippen LogP contribution in [0.2, 0.25) is 0 Å². The quantitative estimate of drug-likeness (QED) is 0.598. The van der Waals surface area contributed by atoms with Gasteiger partial charge in [-0.1, -0.05) is 0 Å². The Labute approximate surface area is 111 Å². The van der Waals surface area contributed by atoms with Crippen LogP contribution in [0.5, 0.6) is 5.75 Å². The molecule has 0 spiro atoms. The molecule has 2 nitrogen and oxygen atoms in total. The van der Waals surface area contributed by atoms with Crippen LogP contribution in [0.15, 0.2) is 12.1 Å². The zero-order valence-electron chi connectivity index (χ0n) is 8.96. The summed E-state index contributed by atoms with van der Waals surface area (Å²) in [6.07, 6.45) is 0.395. The van der Waals surface area contributed by atoms with Gasteiger partial charge in [-0.25, -0.2) is 8.78 Å². The third-order valence-corrected chi connectivity index (χ3v) is 3.76. The van der Waals surface area contributed by atoms with Crippen molar-refractivity contribution in [1.29, 1.82) is 0 Å². The summed E-state index contributed by atoms with van der Waals surface area (Å²) in [7, 11) is 0. The summed E-state index contributed by atoms with van der Waals surface area (Å²) in [5, 5.41) is 0. The van der Waals surface area contributed by atoms with Crippen LogP contribution in [0.25, 0.3) is 0 Å². The second-order valence-corrected chi connectivity index (χ2v) is 5.10. The second kappa shape index (κ2) is 5.29. The molecular weight excluding hydrogens is 341 g/mol. The molecule has 92 valence electrons. The van der Waals surface area contributed by atoms with E-state index in [1.807, 2.05) is 6.07 Å². The average molecular weight is 352 g/mol. The molecule has 0 N–H and O–H groups in total. The molecule has 0 radical (unpaired) electrons. The number of rotatable bonds is 5. The van der Waals surface area contributed by atoms with Gasteiger partial charge in [0, 0.05) is 5.56 Å². The first-order valence-electron chi connectivity index (χ1n) is 5.31. The van der Waals surface area contributed by atoms with Crippen molar-refractivity contribution in [2.24, 2.45) is 0 Å². The largest absolute Gasteiger partial charge is 0.486 e. The molecule has 0 heterocycles. The minimum Gasteiger partial charge on any atom is -0.486 e. The van der Waals surface area contributed by atoms with Gasteiger partial charge in [0.1, 0.15) is 18.6 Å². The van der Waals surface area contributed by atoms with Gasteiger partial charge in [0.15, 0.2) is 0 Å². The first-order chi connectivity index (χ1) is 8.11. The van der Waals surface area contributed by atoms with Gasteiger partial charge in [-0.15, -0.1) is 0 Å². The lowest BCUT2D eigenvalue weighted by Gasteiger charge is -2.12. The van der Waals surface area contributed by atoms with E-state index in [0.29, 0.717) is 17.2 Å². The highest BCUT2D eigenvalue weighted by Crippen LogP contribution is 2.44. The van der Waals surface area contributed by atoms with Gasteiger partial charge in [0.2, 0.25) is 0 Å². The standard InChI is InChI=1S/C12H11F2IO2/c13-11(14)6-17-10-4-7(5-16)3-9(12(10)15)8-1-2-8/h3-5,8,11H,1-2,6H2. The Kier molecular flexibility index (Phi) is 3.96. The maximum atomic E-state index is 12.1. The smallest absolute Gasteiger partial charge is 0.272 e. The van der Waals surface area contributed by atoms with Crippen molar-refractivity contribution < 1.29 is 18.3 Å². The summed E-state index contributed by atoms with van der Waals surface area (Å²) < 4.78 is 30.1. The van der Waals surface area contributed by atoms with Gasteiger partial charge in [0.25, 0.3) is 6.43 Å². The minimum atomic E-state index is -2.50. The lowest BCUT2D eigenvalue weighted by molar-refractivity contribution is 0.0814. The van der Waals surface area contributed by atoms with Crippen LogP contribution in [0.3, 0.4) is 0 Å². The molecule has 0 aromatic heterocycles. The van der Waals surface area contributed by atoms with E-state index in [9.17, 15) is 13.6 Å². The first kappa shape index (κ1) is 12.7. The van der Waals surface area contributed by atoms with Crippen LogP contribution < -0.4 is 4.74 Å². The fraction of sp³-hybridized carbons (Fsp3) is 0.417. The monoisotopic (exact) mass is 352 g/mol. The Morgan fingerprint density at radius 2 is 2.18 bits per heavy atom. The van der Waals surface area contributed by atoms with Crippen LogP contribution in [-0.2, 0) is 0 Å². The second-order valence-electron chi connectivity index (χ2n) is 4.02. The molecule has 17 heavy (non-hydrogen) atoms. The number of hydrogen-bond donors (Lipinski definition) is 0. The predicted octanol–water partition coefficient (Wildman–Crippen LogP) is 3.63. The third-order valence-electron chi connectivity index (χ3n) is 2.61. The fourth-order valence-electron chi connectivity index (χ4n) is 1.66. The molecule has 0 amide bonds. The maximum Gasteiger partial charge on any atom is 0.272 e. The van der Waals surface area contributed by atoms with E-state index in [1.54, 1.807) is 0 Å².